The Hall–Kier alpha value is -4.34. The number of thioether (sulfide) groups is 1. The predicted octanol–water partition coefficient (Wildman–Crippen LogP) is 9.26. The molecule has 5 aromatic carbocycles. The van der Waals surface area contributed by atoms with Gasteiger partial charge in [-0.25, -0.2) is 4.68 Å². The SMILES string of the molecule is N#Cc1c(-c2cccc(CSc3ccc(Cl)c(Cl)c3)c2)nnn1C(c1ccccc1)(c1ccccc1)c1ccccc1. The number of benzene rings is 5. The van der Waals surface area contributed by atoms with Gasteiger partial charge in [0.15, 0.2) is 5.69 Å². The first-order chi connectivity index (χ1) is 20.6. The molecular weight excluding hydrogens is 579 g/mol. The molecule has 4 nitrogen and oxygen atoms in total. The van der Waals surface area contributed by atoms with Gasteiger partial charge in [0.05, 0.1) is 10.0 Å². The number of nitriles is 1. The molecular formula is C35H24Cl2N4S. The zero-order chi connectivity index (χ0) is 28.9. The van der Waals surface area contributed by atoms with E-state index in [0.717, 1.165) is 32.7 Å². The van der Waals surface area contributed by atoms with Crippen molar-refractivity contribution in [2.45, 2.75) is 16.2 Å². The molecule has 0 aliphatic rings. The summed E-state index contributed by atoms with van der Waals surface area (Å²) in [7, 11) is 0. The molecule has 0 atom stereocenters. The number of halogens is 2. The number of hydrogen-bond donors (Lipinski definition) is 0. The molecule has 0 radical (unpaired) electrons. The first-order valence-corrected chi connectivity index (χ1v) is 15.1. The molecule has 1 aromatic heterocycles. The summed E-state index contributed by atoms with van der Waals surface area (Å²) in [6, 6.07) is 46.6. The maximum atomic E-state index is 10.6. The van der Waals surface area contributed by atoms with E-state index >= 15 is 0 Å². The summed E-state index contributed by atoms with van der Waals surface area (Å²) < 4.78 is 1.78. The van der Waals surface area contributed by atoms with Gasteiger partial charge in [0.2, 0.25) is 0 Å². The zero-order valence-corrected chi connectivity index (χ0v) is 24.7. The van der Waals surface area contributed by atoms with Gasteiger partial charge >= 0.3 is 0 Å². The zero-order valence-electron chi connectivity index (χ0n) is 22.4. The largest absolute Gasteiger partial charge is 0.214 e. The molecule has 0 saturated heterocycles. The van der Waals surface area contributed by atoms with Crippen molar-refractivity contribution in [2.75, 3.05) is 0 Å². The standard InChI is InChI=1S/C35H24Cl2N4S/c36-31-20-19-30(22-32(31)37)42-24-25-11-10-12-26(21-25)34-33(23-38)41(40-39-34)35(27-13-4-1-5-14-27,28-15-6-2-7-16-28)29-17-8-3-9-18-29/h1-22H,24H2. The molecule has 204 valence electrons. The lowest BCUT2D eigenvalue weighted by Gasteiger charge is -2.36. The fraction of sp³-hybridized carbons (Fsp3) is 0.0571. The Kier molecular flexibility index (Phi) is 8.12. The van der Waals surface area contributed by atoms with E-state index in [0.29, 0.717) is 27.2 Å². The summed E-state index contributed by atoms with van der Waals surface area (Å²) in [5, 5.41) is 21.1. The van der Waals surface area contributed by atoms with Gasteiger partial charge in [0, 0.05) is 16.2 Å². The van der Waals surface area contributed by atoms with Crippen molar-refractivity contribution in [1.82, 2.24) is 15.0 Å². The summed E-state index contributed by atoms with van der Waals surface area (Å²) in [5.41, 5.74) is 4.82. The van der Waals surface area contributed by atoms with Crippen LogP contribution < -0.4 is 0 Å². The topological polar surface area (TPSA) is 54.5 Å². The molecule has 0 saturated carbocycles. The van der Waals surface area contributed by atoms with Crippen LogP contribution in [0, 0.1) is 11.3 Å². The third kappa shape index (κ3) is 5.21. The Labute approximate surface area is 259 Å². The van der Waals surface area contributed by atoms with Gasteiger partial charge in [0.1, 0.15) is 17.3 Å². The molecule has 0 N–H and O–H groups in total. The van der Waals surface area contributed by atoms with E-state index < -0.39 is 5.54 Å². The van der Waals surface area contributed by atoms with Gasteiger partial charge in [-0.2, -0.15) is 5.26 Å². The van der Waals surface area contributed by atoms with Crippen molar-refractivity contribution in [2.24, 2.45) is 0 Å². The van der Waals surface area contributed by atoms with Crippen molar-refractivity contribution in [3.63, 3.8) is 0 Å². The molecule has 6 rings (SSSR count). The Morgan fingerprint density at radius 1 is 0.690 bits per heavy atom. The summed E-state index contributed by atoms with van der Waals surface area (Å²) in [6.07, 6.45) is 0. The van der Waals surface area contributed by atoms with E-state index in [4.69, 9.17) is 28.4 Å². The highest BCUT2D eigenvalue weighted by Gasteiger charge is 2.42. The molecule has 1 heterocycles. The van der Waals surface area contributed by atoms with E-state index in [1.165, 1.54) is 0 Å². The van der Waals surface area contributed by atoms with Crippen LogP contribution in [0.1, 0.15) is 27.9 Å². The third-order valence-electron chi connectivity index (χ3n) is 7.17. The first kappa shape index (κ1) is 27.8. The number of hydrogen-bond acceptors (Lipinski definition) is 4. The molecule has 0 bridgehead atoms. The monoisotopic (exact) mass is 602 g/mol. The predicted molar refractivity (Wildman–Crippen MR) is 171 cm³/mol. The Bertz CT molecular complexity index is 1770. The van der Waals surface area contributed by atoms with Gasteiger partial charge in [-0.05, 0) is 46.5 Å². The van der Waals surface area contributed by atoms with E-state index in [1.54, 1.807) is 22.5 Å². The van der Waals surface area contributed by atoms with Crippen LogP contribution in [0.2, 0.25) is 10.0 Å². The molecule has 7 heteroatoms. The van der Waals surface area contributed by atoms with Crippen LogP contribution in [0.15, 0.2) is 138 Å². The third-order valence-corrected chi connectivity index (χ3v) is 8.97. The van der Waals surface area contributed by atoms with Crippen LogP contribution in [0.25, 0.3) is 11.3 Å². The number of aromatic nitrogens is 3. The van der Waals surface area contributed by atoms with Crippen molar-refractivity contribution in [3.05, 3.63) is 171 Å². The smallest absolute Gasteiger partial charge is 0.168 e. The summed E-state index contributed by atoms with van der Waals surface area (Å²) >= 11 is 14.0. The maximum absolute atomic E-state index is 10.6. The quantitative estimate of drug-likeness (QED) is 0.129. The second-order valence-electron chi connectivity index (χ2n) is 9.68. The van der Waals surface area contributed by atoms with Crippen molar-refractivity contribution >= 4 is 35.0 Å². The molecule has 6 aromatic rings. The van der Waals surface area contributed by atoms with E-state index in [1.807, 2.05) is 78.9 Å². The fourth-order valence-electron chi connectivity index (χ4n) is 5.26. The molecule has 0 unspecified atom stereocenters. The van der Waals surface area contributed by atoms with Crippen molar-refractivity contribution in [3.8, 4) is 17.3 Å². The lowest BCUT2D eigenvalue weighted by Crippen LogP contribution is -2.39. The minimum Gasteiger partial charge on any atom is -0.214 e. The van der Waals surface area contributed by atoms with Gasteiger partial charge < -0.3 is 0 Å². The first-order valence-electron chi connectivity index (χ1n) is 13.3. The highest BCUT2D eigenvalue weighted by atomic mass is 35.5. The van der Waals surface area contributed by atoms with Crippen LogP contribution in [-0.4, -0.2) is 15.0 Å². The Morgan fingerprint density at radius 3 is 1.83 bits per heavy atom. The lowest BCUT2D eigenvalue weighted by molar-refractivity contribution is 0.442. The number of nitrogens with zero attached hydrogens (tertiary/aromatic N) is 4. The van der Waals surface area contributed by atoms with Crippen molar-refractivity contribution < 1.29 is 0 Å². The second kappa shape index (κ2) is 12.3. The summed E-state index contributed by atoms with van der Waals surface area (Å²) in [6.45, 7) is 0. The van der Waals surface area contributed by atoms with Gasteiger partial charge in [-0.1, -0.05) is 138 Å². The van der Waals surface area contributed by atoms with Gasteiger partial charge in [-0.15, -0.1) is 16.9 Å². The van der Waals surface area contributed by atoms with Gasteiger partial charge in [0.25, 0.3) is 0 Å². The molecule has 0 spiro atoms. The maximum Gasteiger partial charge on any atom is 0.168 e. The summed E-state index contributed by atoms with van der Waals surface area (Å²) in [4.78, 5) is 1.02. The highest BCUT2D eigenvalue weighted by Crippen LogP contribution is 2.42. The lowest BCUT2D eigenvalue weighted by atomic mass is 9.77. The van der Waals surface area contributed by atoms with Crippen molar-refractivity contribution in [1.29, 1.82) is 5.26 Å². The average molecular weight is 604 g/mol. The van der Waals surface area contributed by atoms with E-state index in [2.05, 4.69) is 59.7 Å². The van der Waals surface area contributed by atoms with E-state index in [9.17, 15) is 5.26 Å². The highest BCUT2D eigenvalue weighted by molar-refractivity contribution is 7.98. The molecule has 0 aliphatic heterocycles. The molecule has 0 fully saturated rings. The normalized spacial score (nSPS) is 11.3. The van der Waals surface area contributed by atoms with Crippen LogP contribution in [0.5, 0.6) is 0 Å². The average Bonchev–Trinajstić information content (AvgIpc) is 3.48. The summed E-state index contributed by atoms with van der Waals surface area (Å²) in [5.74, 6) is 0.712. The minimum atomic E-state index is -0.929. The van der Waals surface area contributed by atoms with Crippen LogP contribution >= 0.6 is 35.0 Å². The molecule has 42 heavy (non-hydrogen) atoms. The minimum absolute atomic E-state index is 0.376. The molecule has 0 amide bonds. The van der Waals surface area contributed by atoms with Crippen LogP contribution in [0.4, 0.5) is 0 Å². The second-order valence-corrected chi connectivity index (χ2v) is 11.5. The van der Waals surface area contributed by atoms with Crippen LogP contribution in [0.3, 0.4) is 0 Å². The van der Waals surface area contributed by atoms with Gasteiger partial charge in [-0.3, -0.25) is 0 Å². The fourth-order valence-corrected chi connectivity index (χ4v) is 6.50. The Balaban J connectivity index is 1.48. The number of rotatable bonds is 8. The Morgan fingerprint density at radius 2 is 1.29 bits per heavy atom. The van der Waals surface area contributed by atoms with Crippen LogP contribution in [-0.2, 0) is 11.3 Å². The van der Waals surface area contributed by atoms with E-state index in [-0.39, 0.29) is 0 Å². The molecule has 0 aliphatic carbocycles.